The lowest BCUT2D eigenvalue weighted by molar-refractivity contribution is 0.474. The monoisotopic (exact) mass is 1550 g/mol. The Hall–Kier alpha value is -4.74. The van der Waals surface area contributed by atoms with Gasteiger partial charge in [0.2, 0.25) is 0 Å². The third-order valence-corrected chi connectivity index (χ3v) is 61.0. The predicted octanol–water partition coefficient (Wildman–Crippen LogP) is 27.1. The van der Waals surface area contributed by atoms with Gasteiger partial charge in [-0.3, -0.25) is 0 Å². The number of hydrogen-bond donors (Lipinski definition) is 0. The van der Waals surface area contributed by atoms with E-state index in [0.717, 1.165) is 44.5 Å². The van der Waals surface area contributed by atoms with Crippen LogP contribution in [0.3, 0.4) is 0 Å². The highest BCUT2D eigenvalue weighted by Gasteiger charge is 2.49. The van der Waals surface area contributed by atoms with Gasteiger partial charge in [-0.1, -0.05) is 214 Å². The Morgan fingerprint density at radius 1 is 0.154 bits per heavy atom. The zero-order chi connectivity index (χ0) is 81.2. The highest BCUT2D eigenvalue weighted by molar-refractivity contribution is 6.78. The van der Waals surface area contributed by atoms with Crippen LogP contribution in [0.25, 0.3) is 0 Å². The Morgan fingerprint density at radius 3 is 0.279 bits per heavy atom. The lowest BCUT2D eigenvalue weighted by Gasteiger charge is -2.40. The number of fused-ring (bicyclic) bond motifs is 4. The maximum atomic E-state index is 7.86. The summed E-state index contributed by atoms with van der Waals surface area (Å²) >= 11 is 0. The van der Waals surface area contributed by atoms with E-state index in [0.29, 0.717) is 90.5 Å². The summed E-state index contributed by atoms with van der Waals surface area (Å²) in [5, 5.41) is -1.63. The molecule has 1 aliphatic rings. The first kappa shape index (κ1) is 89.9. The van der Waals surface area contributed by atoms with E-state index in [-0.39, 0.29) is 40.3 Å². The van der Waals surface area contributed by atoms with Gasteiger partial charge in [0.1, 0.15) is 46.0 Å². The van der Waals surface area contributed by atoms with Crippen molar-refractivity contribution in [2.45, 2.75) is 367 Å². The second-order valence-electron chi connectivity index (χ2n) is 42.5. The van der Waals surface area contributed by atoms with Gasteiger partial charge in [0.05, 0.1) is 44.5 Å². The highest BCUT2D eigenvalue weighted by atomic mass is 28.4. The van der Waals surface area contributed by atoms with Gasteiger partial charge in [-0.15, -0.1) is 0 Å². The SMILES string of the molecule is Cc1c(C)c(O[Si](C)(C)C(C)(C)C)c2c(c1O[Si](C)(C)C(C)(C)C)C#Cc1c(c(O[Si](C)(C)C(C)(C)C)c(C)c(C)c1O[Si](C)(C)C(C)(C)C)C#Cc1c(c(O[Si](C)(C)C(C)(C)C)c(C)c(C)c1O[Si](C)(C)C(C)(C)C)C#Cc1c(c(O[Si](C)(C)C(C)(C)C)c(C)c(C)c1O[Si](C)(C)C(C)(C)C)C#C2. The van der Waals surface area contributed by atoms with Crippen molar-refractivity contribution in [3.8, 4) is 93.4 Å². The Bertz CT molecular complexity index is 3470. The van der Waals surface area contributed by atoms with Crippen LogP contribution in [0.1, 0.15) is 255 Å². The molecule has 0 heterocycles. The molecule has 0 amide bonds. The van der Waals surface area contributed by atoms with Gasteiger partial charge in [-0.25, -0.2) is 0 Å². The minimum Gasteiger partial charge on any atom is -0.542 e. The van der Waals surface area contributed by atoms with Crippen molar-refractivity contribution in [1.29, 1.82) is 0 Å². The van der Waals surface area contributed by atoms with Crippen molar-refractivity contribution >= 4 is 66.5 Å². The maximum absolute atomic E-state index is 7.86. The van der Waals surface area contributed by atoms with Gasteiger partial charge in [0.15, 0.2) is 0 Å². The molecule has 0 radical (unpaired) electrons. The molecular formula is C88H144O8Si8. The molecule has 1 aliphatic carbocycles. The van der Waals surface area contributed by atoms with E-state index in [1.165, 1.54) is 0 Å². The van der Waals surface area contributed by atoms with Crippen molar-refractivity contribution in [2.24, 2.45) is 0 Å². The molecule has 0 fully saturated rings. The third kappa shape index (κ3) is 18.1. The third-order valence-electron chi connectivity index (χ3n) is 26.3. The van der Waals surface area contributed by atoms with Crippen molar-refractivity contribution in [2.75, 3.05) is 0 Å². The highest BCUT2D eigenvalue weighted by Crippen LogP contribution is 2.53. The van der Waals surface area contributed by atoms with E-state index in [1.54, 1.807) is 0 Å². The molecule has 576 valence electrons. The Kier molecular flexibility index (Phi) is 25.0. The number of hydrogen-bond acceptors (Lipinski definition) is 8. The van der Waals surface area contributed by atoms with E-state index < -0.39 is 66.5 Å². The molecule has 104 heavy (non-hydrogen) atoms. The topological polar surface area (TPSA) is 73.8 Å². The van der Waals surface area contributed by atoms with E-state index in [2.05, 4.69) is 374 Å². The number of rotatable bonds is 16. The predicted molar refractivity (Wildman–Crippen MR) is 470 cm³/mol. The Labute approximate surface area is 646 Å². The summed E-state index contributed by atoms with van der Waals surface area (Å²) < 4.78 is 62.9. The lowest BCUT2D eigenvalue weighted by atomic mass is 9.92. The van der Waals surface area contributed by atoms with Gasteiger partial charge in [0.25, 0.3) is 66.5 Å². The summed E-state index contributed by atoms with van der Waals surface area (Å²) in [7, 11) is -21.6. The molecule has 0 bridgehead atoms. The average molecular weight is 1550 g/mol. The normalized spacial score (nSPS) is 14.2. The maximum Gasteiger partial charge on any atom is 0.250 e. The van der Waals surface area contributed by atoms with E-state index >= 15 is 0 Å². The summed E-state index contributed by atoms with van der Waals surface area (Å²) in [6.45, 7) is 110. The summed E-state index contributed by atoms with van der Waals surface area (Å²) in [4.78, 5) is 0. The summed E-state index contributed by atoms with van der Waals surface area (Å²) in [6, 6.07) is 0. The molecule has 0 saturated heterocycles. The first-order chi connectivity index (χ1) is 46.0. The lowest BCUT2D eigenvalue weighted by Crippen LogP contribution is -2.45. The van der Waals surface area contributed by atoms with Crippen LogP contribution >= 0.6 is 0 Å². The molecule has 8 nitrogen and oxygen atoms in total. The standard InChI is InChI=1S/C88H144O8Si8/c1-57-58(2)74(90-98(35,36)82(12,13)14)66-51-52-68-70(78(94-102(43,44)86(24,25)26)62(6)61(5)76(68)92-100(39,40)84(18,19)20)55-56-72-71(79(95-103(45,46)87(27,28)29)63(7)64(8)80(72)96-104(47,48)88(30,31)32)54-53-69-67(50-49-65(66)73(57)89-97(33,34)81(9,10)11)75(91-99(37,38)83(15,16)17)59(3)60(4)77(69)93-101(41,42)85(21,22)23/h1-48H3. The van der Waals surface area contributed by atoms with Crippen LogP contribution in [-0.4, -0.2) is 66.5 Å². The smallest absolute Gasteiger partial charge is 0.250 e. The van der Waals surface area contributed by atoms with Crippen molar-refractivity contribution < 1.29 is 35.4 Å². The quantitative estimate of drug-likeness (QED) is 0.0715. The van der Waals surface area contributed by atoms with Crippen LogP contribution in [0.2, 0.25) is 145 Å². The minimum atomic E-state index is -2.70. The second-order valence-corrected chi connectivity index (χ2v) is 80.3. The van der Waals surface area contributed by atoms with Crippen LogP contribution in [0, 0.1) is 103 Å². The Balaban J connectivity index is 2.61. The molecule has 0 saturated carbocycles. The average Bonchev–Trinajstić information content (AvgIpc) is 0.752. The fraction of sp³-hybridized carbons (Fsp3) is 0.636. The van der Waals surface area contributed by atoms with Crippen LogP contribution in [0.15, 0.2) is 0 Å². The van der Waals surface area contributed by atoms with Gasteiger partial charge in [-0.2, -0.15) is 0 Å². The summed E-state index contributed by atoms with van der Waals surface area (Å²) in [5.74, 6) is 37.7. The zero-order valence-electron chi connectivity index (χ0n) is 75.3. The molecule has 0 N–H and O–H groups in total. The fourth-order valence-electron chi connectivity index (χ4n) is 9.51. The van der Waals surface area contributed by atoms with Gasteiger partial charge in [-0.05, 0) is 245 Å². The second kappa shape index (κ2) is 28.9. The first-order valence-electron chi connectivity index (χ1n) is 38.3. The van der Waals surface area contributed by atoms with Crippen LogP contribution in [-0.2, 0) is 0 Å². The first-order valence-corrected chi connectivity index (χ1v) is 61.5. The van der Waals surface area contributed by atoms with Gasteiger partial charge < -0.3 is 35.4 Å². The molecule has 4 aromatic carbocycles. The van der Waals surface area contributed by atoms with E-state index in [4.69, 9.17) is 35.4 Å². The summed E-state index contributed by atoms with van der Waals surface area (Å²) in [6.07, 6.45) is 0. The molecule has 0 unspecified atom stereocenters. The molecule has 0 atom stereocenters. The van der Waals surface area contributed by atoms with Gasteiger partial charge in [0, 0.05) is 0 Å². The zero-order valence-corrected chi connectivity index (χ0v) is 83.3. The Morgan fingerprint density at radius 2 is 0.221 bits per heavy atom. The minimum absolute atomic E-state index is 0.204. The fourth-order valence-corrected chi connectivity index (χ4v) is 18.1. The van der Waals surface area contributed by atoms with E-state index in [1.807, 2.05) is 0 Å². The number of benzene rings is 4. The van der Waals surface area contributed by atoms with Crippen molar-refractivity contribution in [3.05, 3.63) is 89.0 Å². The van der Waals surface area contributed by atoms with E-state index in [9.17, 15) is 0 Å². The molecular weight excluding hydrogens is 1410 g/mol. The van der Waals surface area contributed by atoms with Crippen LogP contribution < -0.4 is 35.4 Å². The summed E-state index contributed by atoms with van der Waals surface area (Å²) in [5.41, 5.74) is 12.6. The van der Waals surface area contributed by atoms with Gasteiger partial charge >= 0.3 is 0 Å². The molecule has 0 aliphatic heterocycles. The van der Waals surface area contributed by atoms with Crippen LogP contribution in [0.4, 0.5) is 0 Å². The largest absolute Gasteiger partial charge is 0.542 e. The molecule has 16 heteroatoms. The van der Waals surface area contributed by atoms with Crippen molar-refractivity contribution in [1.82, 2.24) is 0 Å². The van der Waals surface area contributed by atoms with Crippen molar-refractivity contribution in [3.63, 3.8) is 0 Å². The molecule has 5 rings (SSSR count). The molecule has 4 aromatic rings. The van der Waals surface area contributed by atoms with Crippen LogP contribution in [0.5, 0.6) is 46.0 Å². The molecule has 0 aromatic heterocycles. The molecule has 0 spiro atoms.